The maximum absolute atomic E-state index is 5.42. The SMILES string of the molecule is COCC(C)NC(=NCCCc1cn[nH]c1C)NN. The van der Waals surface area contributed by atoms with Crippen LogP contribution in [-0.4, -0.2) is 42.5 Å². The number of aliphatic imine (C=N–C) groups is 1. The largest absolute Gasteiger partial charge is 0.383 e. The van der Waals surface area contributed by atoms with Gasteiger partial charge in [0.1, 0.15) is 0 Å². The minimum absolute atomic E-state index is 0.163. The molecule has 0 aromatic carbocycles. The molecule has 1 aromatic rings. The summed E-state index contributed by atoms with van der Waals surface area (Å²) >= 11 is 0. The molecule has 1 aromatic heterocycles. The Morgan fingerprint density at radius 2 is 2.42 bits per heavy atom. The number of H-pyrrole nitrogens is 1. The summed E-state index contributed by atoms with van der Waals surface area (Å²) in [6.45, 7) is 5.34. The van der Waals surface area contributed by atoms with E-state index >= 15 is 0 Å². The van der Waals surface area contributed by atoms with Crippen LogP contribution in [0.3, 0.4) is 0 Å². The molecule has 7 nitrogen and oxygen atoms in total. The summed E-state index contributed by atoms with van der Waals surface area (Å²) in [5, 5.41) is 10.1. The lowest BCUT2D eigenvalue weighted by atomic mass is 10.1. The lowest BCUT2D eigenvalue weighted by molar-refractivity contribution is 0.179. The summed E-state index contributed by atoms with van der Waals surface area (Å²) in [6, 6.07) is 0.163. The van der Waals surface area contributed by atoms with E-state index in [1.165, 1.54) is 5.56 Å². The van der Waals surface area contributed by atoms with Gasteiger partial charge in [0, 0.05) is 25.4 Å². The molecule has 0 amide bonds. The van der Waals surface area contributed by atoms with Crippen molar-refractivity contribution in [1.29, 1.82) is 0 Å². The van der Waals surface area contributed by atoms with Crippen LogP contribution in [0.25, 0.3) is 0 Å². The van der Waals surface area contributed by atoms with Crippen LogP contribution in [0.1, 0.15) is 24.6 Å². The maximum Gasteiger partial charge on any atom is 0.206 e. The number of hydrogen-bond acceptors (Lipinski definition) is 4. The van der Waals surface area contributed by atoms with Gasteiger partial charge < -0.3 is 10.1 Å². The minimum atomic E-state index is 0.163. The van der Waals surface area contributed by atoms with E-state index in [1.807, 2.05) is 20.0 Å². The average molecular weight is 268 g/mol. The van der Waals surface area contributed by atoms with Crippen LogP contribution in [0.4, 0.5) is 0 Å². The van der Waals surface area contributed by atoms with E-state index in [9.17, 15) is 0 Å². The number of nitrogens with one attached hydrogen (secondary N) is 3. The number of methoxy groups -OCH3 is 1. The Morgan fingerprint density at radius 3 is 3.00 bits per heavy atom. The molecule has 1 atom stereocenters. The van der Waals surface area contributed by atoms with Crippen molar-refractivity contribution in [3.05, 3.63) is 17.5 Å². The predicted molar refractivity (Wildman–Crippen MR) is 75.7 cm³/mol. The number of aryl methyl sites for hydroxylation is 2. The summed E-state index contributed by atoms with van der Waals surface area (Å²) < 4.78 is 5.04. The lowest BCUT2D eigenvalue weighted by Gasteiger charge is -2.15. The Balaban J connectivity index is 2.30. The molecule has 0 aliphatic rings. The highest BCUT2D eigenvalue weighted by atomic mass is 16.5. The highest BCUT2D eigenvalue weighted by molar-refractivity contribution is 5.79. The number of aromatic nitrogens is 2. The zero-order valence-corrected chi connectivity index (χ0v) is 11.9. The molecule has 0 saturated heterocycles. The highest BCUT2D eigenvalue weighted by Crippen LogP contribution is 2.05. The van der Waals surface area contributed by atoms with Crippen molar-refractivity contribution in [1.82, 2.24) is 20.9 Å². The van der Waals surface area contributed by atoms with Crippen LogP contribution in [0.2, 0.25) is 0 Å². The van der Waals surface area contributed by atoms with Crippen molar-refractivity contribution in [2.75, 3.05) is 20.3 Å². The number of nitrogens with two attached hydrogens (primary N) is 1. The molecule has 0 saturated carbocycles. The standard InChI is InChI=1S/C12H24N6O/c1-9(8-19-3)16-12(17-13)14-6-4-5-11-7-15-18-10(11)2/h7,9H,4-6,8,13H2,1-3H3,(H,15,18)(H2,14,16,17). The van der Waals surface area contributed by atoms with Crippen LogP contribution in [0.5, 0.6) is 0 Å². The normalized spacial score (nSPS) is 13.4. The van der Waals surface area contributed by atoms with Gasteiger partial charge in [0.15, 0.2) is 0 Å². The fourth-order valence-electron chi connectivity index (χ4n) is 1.75. The molecule has 0 aliphatic heterocycles. The molecule has 7 heteroatoms. The van der Waals surface area contributed by atoms with Crippen molar-refractivity contribution in [2.45, 2.75) is 32.7 Å². The number of guanidine groups is 1. The van der Waals surface area contributed by atoms with Gasteiger partial charge in [-0.15, -0.1) is 0 Å². The van der Waals surface area contributed by atoms with E-state index in [4.69, 9.17) is 10.6 Å². The second-order valence-electron chi connectivity index (χ2n) is 4.50. The van der Waals surface area contributed by atoms with Gasteiger partial charge in [-0.3, -0.25) is 15.5 Å². The average Bonchev–Trinajstić information content (AvgIpc) is 2.79. The molecule has 0 spiro atoms. The Kier molecular flexibility index (Phi) is 6.91. The smallest absolute Gasteiger partial charge is 0.206 e. The molecular formula is C12H24N6O. The quantitative estimate of drug-likeness (QED) is 0.185. The van der Waals surface area contributed by atoms with E-state index in [0.717, 1.165) is 18.5 Å². The minimum Gasteiger partial charge on any atom is -0.383 e. The lowest BCUT2D eigenvalue weighted by Crippen LogP contribution is -2.46. The summed E-state index contributed by atoms with van der Waals surface area (Å²) in [4.78, 5) is 4.38. The van der Waals surface area contributed by atoms with E-state index in [-0.39, 0.29) is 6.04 Å². The maximum atomic E-state index is 5.42. The molecule has 1 unspecified atom stereocenters. The van der Waals surface area contributed by atoms with Crippen molar-refractivity contribution >= 4 is 5.96 Å². The third-order valence-electron chi connectivity index (χ3n) is 2.74. The number of hydrogen-bond donors (Lipinski definition) is 4. The second kappa shape index (κ2) is 8.49. The van der Waals surface area contributed by atoms with Crippen LogP contribution in [-0.2, 0) is 11.2 Å². The van der Waals surface area contributed by atoms with E-state index in [1.54, 1.807) is 7.11 Å². The molecule has 108 valence electrons. The van der Waals surface area contributed by atoms with Gasteiger partial charge in [-0.25, -0.2) is 5.84 Å². The molecule has 19 heavy (non-hydrogen) atoms. The zero-order valence-electron chi connectivity index (χ0n) is 11.9. The first-order valence-electron chi connectivity index (χ1n) is 6.42. The molecule has 5 N–H and O–H groups in total. The third kappa shape index (κ3) is 5.71. The highest BCUT2D eigenvalue weighted by Gasteiger charge is 2.04. The Hall–Kier alpha value is -1.60. The van der Waals surface area contributed by atoms with Crippen molar-refractivity contribution < 1.29 is 4.74 Å². The molecular weight excluding hydrogens is 244 g/mol. The van der Waals surface area contributed by atoms with Gasteiger partial charge in [-0.2, -0.15) is 5.10 Å². The Bertz CT molecular complexity index is 389. The Morgan fingerprint density at radius 1 is 1.63 bits per heavy atom. The van der Waals surface area contributed by atoms with Gasteiger partial charge in [-0.1, -0.05) is 0 Å². The van der Waals surface area contributed by atoms with E-state index < -0.39 is 0 Å². The van der Waals surface area contributed by atoms with Crippen molar-refractivity contribution in [3.63, 3.8) is 0 Å². The number of hydrazine groups is 1. The van der Waals surface area contributed by atoms with Crippen LogP contribution >= 0.6 is 0 Å². The van der Waals surface area contributed by atoms with Gasteiger partial charge in [0.05, 0.1) is 12.8 Å². The van der Waals surface area contributed by atoms with Gasteiger partial charge in [0.2, 0.25) is 5.96 Å². The Labute approximate surface area is 114 Å². The molecule has 0 radical (unpaired) electrons. The second-order valence-corrected chi connectivity index (χ2v) is 4.50. The number of ether oxygens (including phenoxy) is 1. The van der Waals surface area contributed by atoms with Crippen molar-refractivity contribution in [2.24, 2.45) is 10.8 Å². The number of nitrogens with zero attached hydrogens (tertiary/aromatic N) is 2. The van der Waals surface area contributed by atoms with Crippen LogP contribution in [0.15, 0.2) is 11.2 Å². The topological polar surface area (TPSA) is 100 Å². The number of rotatable bonds is 7. The first-order valence-corrected chi connectivity index (χ1v) is 6.42. The van der Waals surface area contributed by atoms with Gasteiger partial charge in [-0.05, 0) is 32.3 Å². The molecule has 0 fully saturated rings. The fourth-order valence-corrected chi connectivity index (χ4v) is 1.75. The number of aromatic amines is 1. The van der Waals surface area contributed by atoms with Gasteiger partial charge in [0.25, 0.3) is 0 Å². The molecule has 0 bridgehead atoms. The third-order valence-corrected chi connectivity index (χ3v) is 2.74. The van der Waals surface area contributed by atoms with E-state index in [0.29, 0.717) is 19.1 Å². The van der Waals surface area contributed by atoms with Crippen LogP contribution in [0, 0.1) is 6.92 Å². The molecule has 1 rings (SSSR count). The summed E-state index contributed by atoms with van der Waals surface area (Å²) in [5.41, 5.74) is 4.91. The zero-order chi connectivity index (χ0) is 14.1. The first kappa shape index (κ1) is 15.5. The van der Waals surface area contributed by atoms with Crippen molar-refractivity contribution in [3.8, 4) is 0 Å². The summed E-state index contributed by atoms with van der Waals surface area (Å²) in [5.74, 6) is 6.01. The van der Waals surface area contributed by atoms with Gasteiger partial charge >= 0.3 is 0 Å². The fraction of sp³-hybridized carbons (Fsp3) is 0.667. The summed E-state index contributed by atoms with van der Waals surface area (Å²) in [7, 11) is 1.66. The summed E-state index contributed by atoms with van der Waals surface area (Å²) in [6.07, 6.45) is 3.77. The first-order chi connectivity index (χ1) is 9.17. The molecule has 1 heterocycles. The predicted octanol–water partition coefficient (Wildman–Crippen LogP) is 0.0945. The van der Waals surface area contributed by atoms with Crippen LogP contribution < -0.4 is 16.6 Å². The monoisotopic (exact) mass is 268 g/mol. The molecule has 0 aliphatic carbocycles. The van der Waals surface area contributed by atoms with E-state index in [2.05, 4.69) is 25.9 Å².